The van der Waals surface area contributed by atoms with Crippen LogP contribution in [0, 0.1) is 6.92 Å². The topological polar surface area (TPSA) is 58.6 Å². The van der Waals surface area contributed by atoms with E-state index in [0.29, 0.717) is 18.6 Å². The molecule has 1 heterocycles. The van der Waals surface area contributed by atoms with Gasteiger partial charge >= 0.3 is 0 Å². The van der Waals surface area contributed by atoms with E-state index in [1.165, 1.54) is 0 Å². The first-order chi connectivity index (χ1) is 8.50. The Balaban J connectivity index is 2.01. The molecule has 5 heteroatoms. The lowest BCUT2D eigenvalue weighted by Crippen LogP contribution is -2.43. The third kappa shape index (κ3) is 3.10. The van der Waals surface area contributed by atoms with Crippen LogP contribution < -0.4 is 5.32 Å². The standard InChI is InChI=1S/C13H16BrNO3/c1-9-2-3-10(14)6-11(9)12(16)15-7-13(17)4-5-18-8-13/h2-3,6,17H,4-5,7-8H2,1H3,(H,15,16). The highest BCUT2D eigenvalue weighted by molar-refractivity contribution is 9.10. The molecule has 0 bridgehead atoms. The minimum absolute atomic E-state index is 0.172. The van der Waals surface area contributed by atoms with Crippen molar-refractivity contribution in [3.63, 3.8) is 0 Å². The van der Waals surface area contributed by atoms with E-state index in [1.807, 2.05) is 19.1 Å². The minimum Gasteiger partial charge on any atom is -0.386 e. The second-order valence-electron chi connectivity index (χ2n) is 4.67. The summed E-state index contributed by atoms with van der Waals surface area (Å²) in [6, 6.07) is 5.55. The molecule has 0 aliphatic carbocycles. The molecule has 0 radical (unpaired) electrons. The van der Waals surface area contributed by atoms with Gasteiger partial charge in [0, 0.05) is 29.6 Å². The van der Waals surface area contributed by atoms with E-state index in [2.05, 4.69) is 21.2 Å². The van der Waals surface area contributed by atoms with Gasteiger partial charge in [-0.2, -0.15) is 0 Å². The molecule has 1 unspecified atom stereocenters. The molecule has 1 aliphatic heterocycles. The van der Waals surface area contributed by atoms with Gasteiger partial charge in [-0.15, -0.1) is 0 Å². The van der Waals surface area contributed by atoms with Crippen molar-refractivity contribution in [1.82, 2.24) is 5.32 Å². The molecule has 98 valence electrons. The smallest absolute Gasteiger partial charge is 0.251 e. The van der Waals surface area contributed by atoms with E-state index in [-0.39, 0.29) is 19.1 Å². The van der Waals surface area contributed by atoms with Crippen molar-refractivity contribution in [2.45, 2.75) is 18.9 Å². The molecule has 0 aromatic heterocycles. The molecule has 0 saturated carbocycles. The van der Waals surface area contributed by atoms with E-state index < -0.39 is 5.60 Å². The van der Waals surface area contributed by atoms with Crippen LogP contribution in [0.3, 0.4) is 0 Å². The second-order valence-corrected chi connectivity index (χ2v) is 5.58. The maximum Gasteiger partial charge on any atom is 0.251 e. The van der Waals surface area contributed by atoms with Gasteiger partial charge < -0.3 is 15.2 Å². The lowest BCUT2D eigenvalue weighted by Gasteiger charge is -2.20. The Morgan fingerprint density at radius 2 is 2.39 bits per heavy atom. The Kier molecular flexibility index (Phi) is 4.04. The molecule has 1 aliphatic rings. The first-order valence-corrected chi connectivity index (χ1v) is 6.64. The summed E-state index contributed by atoms with van der Waals surface area (Å²) in [6.45, 7) is 2.93. The van der Waals surface area contributed by atoms with E-state index in [9.17, 15) is 9.90 Å². The zero-order valence-corrected chi connectivity index (χ0v) is 11.8. The van der Waals surface area contributed by atoms with Crippen molar-refractivity contribution in [2.75, 3.05) is 19.8 Å². The quantitative estimate of drug-likeness (QED) is 0.892. The lowest BCUT2D eigenvalue weighted by molar-refractivity contribution is 0.0264. The van der Waals surface area contributed by atoms with Gasteiger partial charge in [-0.3, -0.25) is 4.79 Å². The summed E-state index contributed by atoms with van der Waals surface area (Å²) in [5, 5.41) is 12.8. The van der Waals surface area contributed by atoms with Crippen LogP contribution in [-0.2, 0) is 4.74 Å². The molecule has 2 rings (SSSR count). The summed E-state index contributed by atoms with van der Waals surface area (Å²) in [4.78, 5) is 12.0. The van der Waals surface area contributed by atoms with Gasteiger partial charge in [0.1, 0.15) is 5.60 Å². The zero-order chi connectivity index (χ0) is 13.2. The maximum absolute atomic E-state index is 12.0. The summed E-state index contributed by atoms with van der Waals surface area (Å²) in [5.74, 6) is -0.172. The molecule has 2 N–H and O–H groups in total. The predicted octanol–water partition coefficient (Wildman–Crippen LogP) is 1.64. The molecule has 1 amide bonds. The number of ether oxygens (including phenoxy) is 1. The normalized spacial score (nSPS) is 23.1. The van der Waals surface area contributed by atoms with Gasteiger partial charge in [-0.1, -0.05) is 22.0 Å². The fourth-order valence-corrected chi connectivity index (χ4v) is 2.28. The average Bonchev–Trinajstić information content (AvgIpc) is 2.77. The molecule has 18 heavy (non-hydrogen) atoms. The third-order valence-electron chi connectivity index (χ3n) is 3.10. The Morgan fingerprint density at radius 3 is 3.06 bits per heavy atom. The molecular formula is C13H16BrNO3. The highest BCUT2D eigenvalue weighted by Gasteiger charge is 2.32. The molecule has 0 spiro atoms. The fraction of sp³-hybridized carbons (Fsp3) is 0.462. The monoisotopic (exact) mass is 313 g/mol. The number of aryl methyl sites for hydroxylation is 1. The van der Waals surface area contributed by atoms with Crippen LogP contribution in [0.2, 0.25) is 0 Å². The second kappa shape index (κ2) is 5.38. The van der Waals surface area contributed by atoms with Gasteiger partial charge in [-0.05, 0) is 24.6 Å². The number of amides is 1. The first-order valence-electron chi connectivity index (χ1n) is 5.85. The van der Waals surface area contributed by atoms with Crippen LogP contribution in [-0.4, -0.2) is 36.4 Å². The van der Waals surface area contributed by atoms with Crippen molar-refractivity contribution in [3.8, 4) is 0 Å². The van der Waals surface area contributed by atoms with Gasteiger partial charge in [0.2, 0.25) is 0 Å². The van der Waals surface area contributed by atoms with Crippen molar-refractivity contribution in [3.05, 3.63) is 33.8 Å². The number of rotatable bonds is 3. The van der Waals surface area contributed by atoms with E-state index in [0.717, 1.165) is 10.0 Å². The van der Waals surface area contributed by atoms with Crippen LogP contribution in [0.4, 0.5) is 0 Å². The van der Waals surface area contributed by atoms with Crippen molar-refractivity contribution < 1.29 is 14.6 Å². The van der Waals surface area contributed by atoms with Gasteiger partial charge in [-0.25, -0.2) is 0 Å². The lowest BCUT2D eigenvalue weighted by atomic mass is 10.0. The number of aliphatic hydroxyl groups is 1. The highest BCUT2D eigenvalue weighted by atomic mass is 79.9. The van der Waals surface area contributed by atoms with Crippen molar-refractivity contribution in [2.24, 2.45) is 0 Å². The van der Waals surface area contributed by atoms with E-state index >= 15 is 0 Å². The summed E-state index contributed by atoms with van der Waals surface area (Å²) in [6.07, 6.45) is 0.560. The summed E-state index contributed by atoms with van der Waals surface area (Å²) in [7, 11) is 0. The van der Waals surface area contributed by atoms with Crippen LogP contribution in [0.15, 0.2) is 22.7 Å². The summed E-state index contributed by atoms with van der Waals surface area (Å²) < 4.78 is 5.99. The molecule has 1 saturated heterocycles. The summed E-state index contributed by atoms with van der Waals surface area (Å²) in [5.41, 5.74) is 0.604. The average molecular weight is 314 g/mol. The Labute approximate surface area is 114 Å². The van der Waals surface area contributed by atoms with Crippen LogP contribution in [0.25, 0.3) is 0 Å². The Morgan fingerprint density at radius 1 is 1.61 bits per heavy atom. The van der Waals surface area contributed by atoms with Gasteiger partial charge in [0.05, 0.1) is 6.61 Å². The van der Waals surface area contributed by atoms with Crippen molar-refractivity contribution in [1.29, 1.82) is 0 Å². The largest absolute Gasteiger partial charge is 0.386 e. The number of nitrogens with one attached hydrogen (secondary N) is 1. The number of hydrogen-bond donors (Lipinski definition) is 2. The van der Waals surface area contributed by atoms with Gasteiger partial charge in [0.25, 0.3) is 5.91 Å². The number of carbonyl (C=O) groups excluding carboxylic acids is 1. The first kappa shape index (κ1) is 13.5. The Hall–Kier alpha value is -0.910. The van der Waals surface area contributed by atoms with Gasteiger partial charge in [0.15, 0.2) is 0 Å². The van der Waals surface area contributed by atoms with E-state index in [1.54, 1.807) is 6.07 Å². The highest BCUT2D eigenvalue weighted by Crippen LogP contribution is 2.18. The summed E-state index contributed by atoms with van der Waals surface area (Å²) >= 11 is 3.34. The van der Waals surface area contributed by atoms with Crippen LogP contribution in [0.5, 0.6) is 0 Å². The molecule has 1 aromatic carbocycles. The predicted molar refractivity (Wildman–Crippen MR) is 71.6 cm³/mol. The fourth-order valence-electron chi connectivity index (χ4n) is 1.91. The third-order valence-corrected chi connectivity index (χ3v) is 3.60. The maximum atomic E-state index is 12.0. The molecular weight excluding hydrogens is 298 g/mol. The molecule has 4 nitrogen and oxygen atoms in total. The number of halogens is 1. The minimum atomic E-state index is -0.921. The zero-order valence-electron chi connectivity index (χ0n) is 10.2. The van der Waals surface area contributed by atoms with Crippen LogP contribution in [0.1, 0.15) is 22.3 Å². The Bertz CT molecular complexity index is 456. The van der Waals surface area contributed by atoms with E-state index in [4.69, 9.17) is 4.74 Å². The molecule has 1 aromatic rings. The molecule has 1 fully saturated rings. The number of hydrogen-bond acceptors (Lipinski definition) is 3. The SMILES string of the molecule is Cc1ccc(Br)cc1C(=O)NCC1(O)CCOC1. The number of carbonyl (C=O) groups is 1. The van der Waals surface area contributed by atoms with Crippen molar-refractivity contribution >= 4 is 21.8 Å². The number of benzene rings is 1. The molecule has 1 atom stereocenters. The van der Waals surface area contributed by atoms with Crippen LogP contribution >= 0.6 is 15.9 Å².